The highest BCUT2D eigenvalue weighted by molar-refractivity contribution is 9.10. The van der Waals surface area contributed by atoms with Crippen molar-refractivity contribution in [3.63, 3.8) is 0 Å². The minimum Gasteiger partial charge on any atom is -0.274 e. The number of benzene rings is 1. The fourth-order valence-corrected chi connectivity index (χ4v) is 3.77. The second-order valence-corrected chi connectivity index (χ2v) is 6.31. The number of rotatable bonds is 0. The Morgan fingerprint density at radius 2 is 2.06 bits per heavy atom. The summed E-state index contributed by atoms with van der Waals surface area (Å²) in [7, 11) is -3.68. The monoisotopic (exact) mass is 314 g/mol. The molecule has 5 nitrogen and oxygen atoms in total. The Bertz CT molecular complexity index is 666. The summed E-state index contributed by atoms with van der Waals surface area (Å²) in [6.45, 7) is 0. The average Bonchev–Trinajstić information content (AvgIpc) is 2.60. The minimum absolute atomic E-state index is 0.0749. The lowest BCUT2D eigenvalue weighted by atomic mass is 10.3. The molecule has 0 atom stereocenters. The summed E-state index contributed by atoms with van der Waals surface area (Å²) >= 11 is 3.21. The number of hydrogen-bond acceptors (Lipinski definition) is 3. The van der Waals surface area contributed by atoms with E-state index >= 15 is 0 Å². The number of halogens is 1. The van der Waals surface area contributed by atoms with Crippen LogP contribution in [0.1, 0.15) is 12.8 Å². The number of amidine groups is 1. The predicted molar refractivity (Wildman–Crippen MR) is 65.5 cm³/mol. The molecule has 2 heterocycles. The van der Waals surface area contributed by atoms with Crippen LogP contribution in [0.3, 0.4) is 0 Å². The maximum atomic E-state index is 11.9. The van der Waals surface area contributed by atoms with Crippen molar-refractivity contribution >= 4 is 43.4 Å². The number of carbonyl (C=O) groups is 1. The molecule has 7 heteroatoms. The highest BCUT2D eigenvalue weighted by Gasteiger charge is 2.38. The highest BCUT2D eigenvalue weighted by Crippen LogP contribution is 2.37. The first-order valence-electron chi connectivity index (χ1n) is 4.95. The van der Waals surface area contributed by atoms with E-state index < -0.39 is 10.0 Å². The molecule has 3 rings (SSSR count). The molecule has 1 saturated heterocycles. The topological polar surface area (TPSA) is 66.8 Å². The molecule has 0 bridgehead atoms. The Labute approximate surface area is 106 Å². The quantitative estimate of drug-likeness (QED) is 0.731. The van der Waals surface area contributed by atoms with Crippen LogP contribution in [-0.2, 0) is 14.8 Å². The van der Waals surface area contributed by atoms with Crippen molar-refractivity contribution < 1.29 is 13.2 Å². The van der Waals surface area contributed by atoms with Gasteiger partial charge in [-0.05, 0) is 18.2 Å². The SMILES string of the molecule is O=C1CCC2=NS(=O)(=O)c3cc(Br)ccc3N12. The lowest BCUT2D eigenvalue weighted by Crippen LogP contribution is -2.33. The molecule has 2 aliphatic rings. The number of anilines is 1. The van der Waals surface area contributed by atoms with Gasteiger partial charge in [0.1, 0.15) is 10.7 Å². The van der Waals surface area contributed by atoms with E-state index in [9.17, 15) is 13.2 Å². The third-order valence-electron chi connectivity index (χ3n) is 2.74. The van der Waals surface area contributed by atoms with Gasteiger partial charge in [-0.25, -0.2) is 0 Å². The summed E-state index contributed by atoms with van der Waals surface area (Å²) in [6, 6.07) is 4.80. The smallest absolute Gasteiger partial charge is 0.274 e. The first kappa shape index (κ1) is 10.9. The molecule has 0 saturated carbocycles. The number of carbonyl (C=O) groups excluding carboxylic acids is 1. The van der Waals surface area contributed by atoms with E-state index in [0.717, 1.165) is 0 Å². The van der Waals surface area contributed by atoms with Crippen LogP contribution in [0.4, 0.5) is 5.69 Å². The second kappa shape index (κ2) is 3.39. The van der Waals surface area contributed by atoms with Gasteiger partial charge in [0, 0.05) is 17.3 Å². The molecule has 2 aliphatic heterocycles. The van der Waals surface area contributed by atoms with Gasteiger partial charge in [-0.2, -0.15) is 8.42 Å². The van der Waals surface area contributed by atoms with Crippen LogP contribution in [0.15, 0.2) is 32.0 Å². The third kappa shape index (κ3) is 1.53. The van der Waals surface area contributed by atoms with Crippen LogP contribution in [0.2, 0.25) is 0 Å². The molecular formula is C10H7BrN2O3S. The fraction of sp³-hybridized carbons (Fsp3) is 0.200. The van der Waals surface area contributed by atoms with E-state index in [1.54, 1.807) is 12.1 Å². The minimum atomic E-state index is -3.68. The summed E-state index contributed by atoms with van der Waals surface area (Å²) in [6.07, 6.45) is 0.692. The van der Waals surface area contributed by atoms with Crippen molar-refractivity contribution in [2.24, 2.45) is 4.40 Å². The predicted octanol–water partition coefficient (Wildman–Crippen LogP) is 1.68. The van der Waals surface area contributed by atoms with Crippen molar-refractivity contribution in [3.8, 4) is 0 Å². The van der Waals surface area contributed by atoms with Gasteiger partial charge in [0.2, 0.25) is 5.91 Å². The Balaban J connectivity index is 2.34. The number of fused-ring (bicyclic) bond motifs is 3. The van der Waals surface area contributed by atoms with Gasteiger partial charge >= 0.3 is 0 Å². The molecule has 0 aliphatic carbocycles. The summed E-state index contributed by atoms with van der Waals surface area (Å²) in [5.41, 5.74) is 0.403. The Morgan fingerprint density at radius 3 is 2.82 bits per heavy atom. The molecule has 0 spiro atoms. The number of hydrogen-bond donors (Lipinski definition) is 0. The zero-order valence-corrected chi connectivity index (χ0v) is 11.0. The highest BCUT2D eigenvalue weighted by atomic mass is 79.9. The molecule has 0 radical (unpaired) electrons. The molecular weight excluding hydrogens is 308 g/mol. The summed E-state index contributed by atoms with van der Waals surface area (Å²) in [5, 5.41) is 0. The molecule has 1 aromatic rings. The van der Waals surface area contributed by atoms with E-state index in [2.05, 4.69) is 20.3 Å². The van der Waals surface area contributed by atoms with E-state index in [4.69, 9.17) is 0 Å². The molecule has 1 fully saturated rings. The Hall–Kier alpha value is -1.21. The molecule has 1 aromatic carbocycles. The molecule has 17 heavy (non-hydrogen) atoms. The summed E-state index contributed by atoms with van der Waals surface area (Å²) in [4.78, 5) is 13.2. The van der Waals surface area contributed by atoms with Gasteiger partial charge in [0.15, 0.2) is 0 Å². The molecule has 0 aromatic heterocycles. The third-order valence-corrected chi connectivity index (χ3v) is 4.56. The van der Waals surface area contributed by atoms with Crippen LogP contribution < -0.4 is 4.90 Å². The van der Waals surface area contributed by atoms with Gasteiger partial charge in [-0.3, -0.25) is 9.69 Å². The molecule has 1 amide bonds. The summed E-state index contributed by atoms with van der Waals surface area (Å²) < 4.78 is 28.2. The van der Waals surface area contributed by atoms with E-state index in [0.29, 0.717) is 28.8 Å². The van der Waals surface area contributed by atoms with Crippen molar-refractivity contribution in [2.45, 2.75) is 17.7 Å². The van der Waals surface area contributed by atoms with Crippen LogP contribution in [0, 0.1) is 0 Å². The van der Waals surface area contributed by atoms with Crippen molar-refractivity contribution in [1.29, 1.82) is 0 Å². The van der Waals surface area contributed by atoms with E-state index in [1.165, 1.54) is 11.0 Å². The number of amides is 1. The lowest BCUT2D eigenvalue weighted by Gasteiger charge is -2.23. The van der Waals surface area contributed by atoms with Gasteiger partial charge in [-0.1, -0.05) is 15.9 Å². The van der Waals surface area contributed by atoms with Crippen LogP contribution in [0.5, 0.6) is 0 Å². The van der Waals surface area contributed by atoms with Crippen molar-refractivity contribution in [2.75, 3.05) is 4.90 Å². The average molecular weight is 315 g/mol. The normalized spacial score (nSPS) is 20.9. The molecule has 88 valence electrons. The van der Waals surface area contributed by atoms with E-state index in [-0.39, 0.29) is 10.8 Å². The van der Waals surface area contributed by atoms with Gasteiger partial charge < -0.3 is 0 Å². The standard InChI is InChI=1S/C10H7BrN2O3S/c11-6-1-2-7-8(5-6)17(15,16)12-9-3-4-10(14)13(7)9/h1-2,5H,3-4H2. The lowest BCUT2D eigenvalue weighted by molar-refractivity contribution is -0.116. The molecule has 0 N–H and O–H groups in total. The van der Waals surface area contributed by atoms with Crippen LogP contribution in [-0.4, -0.2) is 20.2 Å². The van der Waals surface area contributed by atoms with Gasteiger partial charge in [-0.15, -0.1) is 4.40 Å². The summed E-state index contributed by atoms with van der Waals surface area (Å²) in [5.74, 6) is 0.215. The Morgan fingerprint density at radius 1 is 1.29 bits per heavy atom. The first-order valence-corrected chi connectivity index (χ1v) is 7.19. The number of sulfonamides is 1. The largest absolute Gasteiger partial charge is 0.286 e. The zero-order chi connectivity index (χ0) is 12.2. The van der Waals surface area contributed by atoms with E-state index in [1.807, 2.05) is 0 Å². The number of nitrogens with zero attached hydrogens (tertiary/aromatic N) is 2. The van der Waals surface area contributed by atoms with Gasteiger partial charge in [0.05, 0.1) is 5.69 Å². The maximum Gasteiger partial charge on any atom is 0.286 e. The molecule has 0 unspecified atom stereocenters. The maximum absolute atomic E-state index is 11.9. The second-order valence-electron chi connectivity index (χ2n) is 3.82. The van der Waals surface area contributed by atoms with Crippen molar-refractivity contribution in [3.05, 3.63) is 22.7 Å². The fourth-order valence-electron chi connectivity index (χ4n) is 2.01. The van der Waals surface area contributed by atoms with Crippen molar-refractivity contribution in [1.82, 2.24) is 0 Å². The van der Waals surface area contributed by atoms with Gasteiger partial charge in [0.25, 0.3) is 10.0 Å². The van der Waals surface area contributed by atoms with Crippen LogP contribution >= 0.6 is 15.9 Å². The van der Waals surface area contributed by atoms with Crippen LogP contribution in [0.25, 0.3) is 0 Å². The Kier molecular flexibility index (Phi) is 2.18. The first-order chi connectivity index (χ1) is 7.99. The zero-order valence-electron chi connectivity index (χ0n) is 8.55.